The summed E-state index contributed by atoms with van der Waals surface area (Å²) in [6.45, 7) is 4.08. The quantitative estimate of drug-likeness (QED) is 0.140. The van der Waals surface area contributed by atoms with E-state index in [-0.39, 0.29) is 11.9 Å². The first-order valence-electron chi connectivity index (χ1n) is 10.1. The third-order valence-electron chi connectivity index (χ3n) is 4.22. The van der Waals surface area contributed by atoms with E-state index in [1.807, 2.05) is 0 Å². The van der Waals surface area contributed by atoms with Crippen molar-refractivity contribution >= 4 is 11.9 Å². The molecule has 0 aliphatic heterocycles. The predicted molar refractivity (Wildman–Crippen MR) is 108 cm³/mol. The van der Waals surface area contributed by atoms with Gasteiger partial charge in [0.05, 0.1) is 13.1 Å². The summed E-state index contributed by atoms with van der Waals surface area (Å²) in [7, 11) is 0. The van der Waals surface area contributed by atoms with Gasteiger partial charge < -0.3 is 28.3 Å². The molecule has 0 unspecified atom stereocenters. The highest BCUT2D eigenvalue weighted by Gasteiger charge is 1.95. The molecule has 0 aromatic heterocycles. The largest absolute Gasteiger partial charge is 0.370 e. The highest BCUT2D eigenvalue weighted by atomic mass is 15.0. The molecule has 0 amide bonds. The van der Waals surface area contributed by atoms with Crippen LogP contribution in [0.15, 0.2) is 9.98 Å². The van der Waals surface area contributed by atoms with E-state index in [1.165, 1.54) is 77.3 Å². The zero-order chi connectivity index (χ0) is 18.6. The Morgan fingerprint density at radius 2 is 0.800 bits per heavy atom. The Hall–Kier alpha value is -1.50. The maximum Gasteiger partial charge on any atom is 0.185 e. The van der Waals surface area contributed by atoms with Gasteiger partial charge >= 0.3 is 0 Å². The maximum absolute atomic E-state index is 5.29. The molecule has 0 aromatic carbocycles. The highest BCUT2D eigenvalue weighted by molar-refractivity contribution is 5.75. The summed E-state index contributed by atoms with van der Waals surface area (Å²) in [5.74, 6) is 0.414. The zero-order valence-corrected chi connectivity index (χ0v) is 16.1. The van der Waals surface area contributed by atoms with Crippen molar-refractivity contribution in [1.29, 1.82) is 0 Å². The molecule has 10 N–H and O–H groups in total. The number of guanidine groups is 2. The minimum Gasteiger partial charge on any atom is -0.370 e. The Labute approximate surface area is 154 Å². The van der Waals surface area contributed by atoms with Crippen molar-refractivity contribution in [2.24, 2.45) is 32.9 Å². The van der Waals surface area contributed by atoms with Crippen LogP contribution in [-0.4, -0.2) is 38.1 Å². The maximum atomic E-state index is 5.29. The van der Waals surface area contributed by atoms with Crippen LogP contribution in [0, 0.1) is 0 Å². The van der Waals surface area contributed by atoms with Crippen molar-refractivity contribution in [1.82, 2.24) is 0 Å². The smallest absolute Gasteiger partial charge is 0.185 e. The number of unbranched alkanes of at least 4 members (excludes halogenated alkanes) is 10. The van der Waals surface area contributed by atoms with E-state index >= 15 is 0 Å². The number of rotatable bonds is 18. The fraction of sp³-hybridized carbons (Fsp3) is 0.889. The Morgan fingerprint density at radius 3 is 1.16 bits per heavy atom. The topological polar surface area (TPSA) is 145 Å². The van der Waals surface area contributed by atoms with Crippen LogP contribution < -0.4 is 28.3 Å². The first kappa shape index (κ1) is 23.5. The van der Waals surface area contributed by atoms with E-state index in [0.29, 0.717) is 0 Å². The first-order chi connectivity index (χ1) is 12.1. The summed E-state index contributed by atoms with van der Waals surface area (Å²) in [5, 5.41) is 2.47. The molecule has 0 aliphatic carbocycles. The van der Waals surface area contributed by atoms with Crippen LogP contribution in [0.3, 0.4) is 0 Å². The van der Waals surface area contributed by atoms with E-state index in [0.717, 1.165) is 25.9 Å². The monoisotopic (exact) mass is 356 g/mol. The molecule has 0 spiro atoms. The van der Waals surface area contributed by atoms with Crippen LogP contribution >= 0.6 is 0 Å². The van der Waals surface area contributed by atoms with E-state index < -0.39 is 0 Å². The zero-order valence-electron chi connectivity index (χ0n) is 16.1. The van der Waals surface area contributed by atoms with E-state index in [1.54, 1.807) is 0 Å². The molecular weight excluding hydrogens is 314 g/mol. The fourth-order valence-electron chi connectivity index (χ4n) is 2.78. The van der Waals surface area contributed by atoms with Gasteiger partial charge in [-0.25, -0.2) is 0 Å². The summed E-state index contributed by atoms with van der Waals surface area (Å²) in [4.78, 5) is 7.98. The van der Waals surface area contributed by atoms with Crippen LogP contribution in [-0.2, 0) is 0 Å². The van der Waals surface area contributed by atoms with Crippen LogP contribution in [0.2, 0.25) is 0 Å². The summed E-state index contributed by atoms with van der Waals surface area (Å²) in [6.07, 6.45) is 15.2. The summed E-state index contributed by atoms with van der Waals surface area (Å²) in [6, 6.07) is 0. The molecule has 0 radical (unpaired) electrons. The third kappa shape index (κ3) is 22.5. The second-order valence-electron chi connectivity index (χ2n) is 6.72. The summed E-state index contributed by atoms with van der Waals surface area (Å²) < 4.78 is 0. The second kappa shape index (κ2) is 18.8. The number of hydrogen-bond acceptors (Lipinski definition) is 2. The van der Waals surface area contributed by atoms with E-state index in [2.05, 4.69) is 15.3 Å². The molecule has 148 valence electrons. The Kier molecular flexibility index (Phi) is 17.7. The van der Waals surface area contributed by atoms with Crippen molar-refractivity contribution < 1.29 is 5.32 Å². The normalized spacial score (nSPS) is 10.6. The molecule has 0 saturated carbocycles. The Bertz CT molecular complexity index is 302. The summed E-state index contributed by atoms with van der Waals surface area (Å²) >= 11 is 0. The molecule has 0 rings (SSSR count). The Morgan fingerprint density at radius 1 is 0.480 bits per heavy atom. The first-order valence-corrected chi connectivity index (χ1v) is 10.1. The van der Waals surface area contributed by atoms with Gasteiger partial charge in [-0.3, -0.25) is 9.98 Å². The molecule has 0 atom stereocenters. The highest BCUT2D eigenvalue weighted by Crippen LogP contribution is 2.05. The van der Waals surface area contributed by atoms with Gasteiger partial charge in [0, 0.05) is 13.1 Å². The standard InChI is InChI=1S/C18H41N7/c19-17(20)24-15-11-7-3-1-5-9-13-23-14-10-6-2-4-8-12-16-25-18(21)22/h23H,1-16H2,(H4,19,20,24)(H4,21,22,25)/p+1. The van der Waals surface area contributed by atoms with Crippen molar-refractivity contribution in [3.8, 4) is 0 Å². The van der Waals surface area contributed by atoms with Crippen LogP contribution in [0.25, 0.3) is 0 Å². The molecule has 0 fully saturated rings. The van der Waals surface area contributed by atoms with Gasteiger partial charge in [-0.1, -0.05) is 38.5 Å². The molecular formula is C18H42N7+. The van der Waals surface area contributed by atoms with Crippen LogP contribution in [0.4, 0.5) is 0 Å². The molecule has 0 aromatic rings. The van der Waals surface area contributed by atoms with Gasteiger partial charge in [0.15, 0.2) is 11.9 Å². The average Bonchev–Trinajstić information content (AvgIpc) is 2.56. The number of nitrogens with zero attached hydrogens (tertiary/aromatic N) is 2. The van der Waals surface area contributed by atoms with Crippen molar-refractivity contribution in [3.63, 3.8) is 0 Å². The molecule has 0 saturated heterocycles. The van der Waals surface area contributed by atoms with Crippen molar-refractivity contribution in [3.05, 3.63) is 0 Å². The van der Waals surface area contributed by atoms with Gasteiger partial charge in [0.2, 0.25) is 0 Å². The molecule has 7 heteroatoms. The molecule has 0 bridgehead atoms. The minimum atomic E-state index is 0.207. The van der Waals surface area contributed by atoms with Gasteiger partial charge in [-0.2, -0.15) is 0 Å². The van der Waals surface area contributed by atoms with Crippen LogP contribution in [0.1, 0.15) is 77.0 Å². The van der Waals surface area contributed by atoms with Crippen LogP contribution in [0.5, 0.6) is 0 Å². The average molecular weight is 357 g/mol. The fourth-order valence-corrected chi connectivity index (χ4v) is 2.78. The van der Waals surface area contributed by atoms with Crippen molar-refractivity contribution in [2.75, 3.05) is 26.2 Å². The lowest BCUT2D eigenvalue weighted by Gasteiger charge is -2.03. The number of hydrogen-bond donors (Lipinski definition) is 5. The van der Waals surface area contributed by atoms with Gasteiger partial charge in [0.25, 0.3) is 0 Å². The molecule has 7 nitrogen and oxygen atoms in total. The molecule has 0 aliphatic rings. The van der Waals surface area contributed by atoms with E-state index in [4.69, 9.17) is 22.9 Å². The molecule has 0 heterocycles. The lowest BCUT2D eigenvalue weighted by Crippen LogP contribution is -2.84. The third-order valence-corrected chi connectivity index (χ3v) is 4.22. The lowest BCUT2D eigenvalue weighted by molar-refractivity contribution is -0.655. The number of quaternary nitrogens is 1. The van der Waals surface area contributed by atoms with Gasteiger partial charge in [0.1, 0.15) is 0 Å². The van der Waals surface area contributed by atoms with Gasteiger partial charge in [-0.15, -0.1) is 0 Å². The van der Waals surface area contributed by atoms with Crippen molar-refractivity contribution in [2.45, 2.75) is 77.0 Å². The molecule has 25 heavy (non-hydrogen) atoms. The number of aliphatic imine (C=N–C) groups is 2. The van der Waals surface area contributed by atoms with Gasteiger partial charge in [-0.05, 0) is 38.5 Å². The second-order valence-corrected chi connectivity index (χ2v) is 6.72. The Balaban J connectivity index is 3.05. The lowest BCUT2D eigenvalue weighted by atomic mass is 10.1. The SMILES string of the molecule is NC(N)=NCCCCCCCC[NH2+]CCCCCCCCN=C(N)N. The minimum absolute atomic E-state index is 0.207. The predicted octanol–water partition coefficient (Wildman–Crippen LogP) is 0.778. The van der Waals surface area contributed by atoms with E-state index in [9.17, 15) is 0 Å². The summed E-state index contributed by atoms with van der Waals surface area (Å²) in [5.41, 5.74) is 21.1. The number of nitrogens with two attached hydrogens (primary N) is 5.